The van der Waals surface area contributed by atoms with Crippen LogP contribution in [-0.2, 0) is 4.74 Å². The molecule has 60 valence electrons. The fraction of sp³-hybridized carbons (Fsp3) is 1.00. The summed E-state index contributed by atoms with van der Waals surface area (Å²) in [5.74, 6) is 0. The van der Waals surface area contributed by atoms with Crippen LogP contribution in [0.15, 0.2) is 0 Å². The van der Waals surface area contributed by atoms with Crippen LogP contribution >= 0.6 is 12.4 Å². The van der Waals surface area contributed by atoms with Crippen LogP contribution in [0, 0.1) is 0 Å². The number of hydrogen-bond donors (Lipinski definition) is 1. The number of rotatable bonds is 0. The standard InChI is InChI=1S/C7H13NO.ClH/c8-6-3-1-5-2-4-7(6)9-5;/h5-7H,1-4,8H2;1H. The van der Waals surface area contributed by atoms with Crippen LogP contribution in [0.25, 0.3) is 0 Å². The largest absolute Gasteiger partial charge is 0.373 e. The SMILES string of the molecule is Cl.NC1CCC2CCC1O2. The molecule has 0 amide bonds. The molecule has 2 fully saturated rings. The van der Waals surface area contributed by atoms with Gasteiger partial charge in [-0.05, 0) is 25.7 Å². The van der Waals surface area contributed by atoms with E-state index in [0.29, 0.717) is 18.2 Å². The Morgan fingerprint density at radius 3 is 2.50 bits per heavy atom. The molecule has 3 atom stereocenters. The lowest BCUT2D eigenvalue weighted by Gasteiger charge is -2.25. The lowest BCUT2D eigenvalue weighted by molar-refractivity contribution is -0.00693. The van der Waals surface area contributed by atoms with Crippen LogP contribution in [-0.4, -0.2) is 18.2 Å². The number of ether oxygens (including phenoxy) is 1. The maximum atomic E-state index is 5.79. The molecule has 0 aliphatic carbocycles. The smallest absolute Gasteiger partial charge is 0.0730 e. The van der Waals surface area contributed by atoms with Gasteiger partial charge in [0, 0.05) is 6.04 Å². The first kappa shape index (κ1) is 8.31. The Morgan fingerprint density at radius 2 is 1.80 bits per heavy atom. The predicted molar refractivity (Wildman–Crippen MR) is 42.4 cm³/mol. The highest BCUT2D eigenvalue weighted by atomic mass is 35.5. The molecular weight excluding hydrogens is 150 g/mol. The molecule has 0 aromatic carbocycles. The number of halogens is 1. The van der Waals surface area contributed by atoms with E-state index in [4.69, 9.17) is 10.5 Å². The molecule has 2 rings (SSSR count). The molecule has 0 aromatic heterocycles. The second-order valence-electron chi connectivity index (χ2n) is 3.12. The molecule has 2 aliphatic rings. The first-order chi connectivity index (χ1) is 4.36. The van der Waals surface area contributed by atoms with Crippen molar-refractivity contribution in [1.29, 1.82) is 0 Å². The van der Waals surface area contributed by atoms with Gasteiger partial charge in [-0.15, -0.1) is 12.4 Å². The fourth-order valence-corrected chi connectivity index (χ4v) is 1.83. The molecule has 2 bridgehead atoms. The Labute approximate surface area is 67.5 Å². The van der Waals surface area contributed by atoms with E-state index in [1.54, 1.807) is 0 Å². The monoisotopic (exact) mass is 163 g/mol. The lowest BCUT2D eigenvalue weighted by Crippen LogP contribution is -2.38. The third-order valence-corrected chi connectivity index (χ3v) is 2.44. The molecule has 10 heavy (non-hydrogen) atoms. The van der Waals surface area contributed by atoms with E-state index in [1.165, 1.54) is 25.7 Å². The van der Waals surface area contributed by atoms with Crippen molar-refractivity contribution in [3.63, 3.8) is 0 Å². The lowest BCUT2D eigenvalue weighted by atomic mass is 10.1. The molecule has 2 saturated heterocycles. The Morgan fingerprint density at radius 1 is 1.10 bits per heavy atom. The molecule has 3 unspecified atom stereocenters. The van der Waals surface area contributed by atoms with Gasteiger partial charge < -0.3 is 10.5 Å². The normalized spacial score (nSPS) is 44.7. The first-order valence-electron chi connectivity index (χ1n) is 3.77. The van der Waals surface area contributed by atoms with Crippen molar-refractivity contribution >= 4 is 12.4 Å². The van der Waals surface area contributed by atoms with Gasteiger partial charge in [0.2, 0.25) is 0 Å². The zero-order chi connectivity index (χ0) is 6.27. The van der Waals surface area contributed by atoms with Crippen molar-refractivity contribution in [2.75, 3.05) is 0 Å². The van der Waals surface area contributed by atoms with Gasteiger partial charge in [0.05, 0.1) is 12.2 Å². The number of fused-ring (bicyclic) bond motifs is 2. The number of hydrogen-bond acceptors (Lipinski definition) is 2. The second-order valence-corrected chi connectivity index (χ2v) is 3.12. The summed E-state index contributed by atoms with van der Waals surface area (Å²) in [5.41, 5.74) is 5.79. The predicted octanol–water partition coefficient (Wildman–Crippen LogP) is 1.08. The van der Waals surface area contributed by atoms with Crippen LogP contribution in [0.2, 0.25) is 0 Å². The maximum Gasteiger partial charge on any atom is 0.0730 e. The van der Waals surface area contributed by atoms with Crippen LogP contribution < -0.4 is 5.73 Å². The molecule has 2 aliphatic heterocycles. The molecule has 0 saturated carbocycles. The highest BCUT2D eigenvalue weighted by Gasteiger charge is 2.34. The summed E-state index contributed by atoms with van der Waals surface area (Å²) in [7, 11) is 0. The van der Waals surface area contributed by atoms with Crippen molar-refractivity contribution < 1.29 is 4.74 Å². The summed E-state index contributed by atoms with van der Waals surface area (Å²) in [5, 5.41) is 0. The van der Waals surface area contributed by atoms with Gasteiger partial charge in [0.1, 0.15) is 0 Å². The minimum Gasteiger partial charge on any atom is -0.373 e. The van der Waals surface area contributed by atoms with Crippen molar-refractivity contribution in [3.8, 4) is 0 Å². The molecule has 3 heteroatoms. The van der Waals surface area contributed by atoms with Crippen molar-refractivity contribution in [2.45, 2.75) is 43.9 Å². The van der Waals surface area contributed by atoms with Crippen molar-refractivity contribution in [2.24, 2.45) is 5.73 Å². The Kier molecular flexibility index (Phi) is 2.55. The van der Waals surface area contributed by atoms with Crippen LogP contribution in [0.5, 0.6) is 0 Å². The zero-order valence-electron chi connectivity index (χ0n) is 5.95. The van der Waals surface area contributed by atoms with Gasteiger partial charge in [-0.3, -0.25) is 0 Å². The van der Waals surface area contributed by atoms with Gasteiger partial charge in [-0.25, -0.2) is 0 Å². The van der Waals surface area contributed by atoms with E-state index >= 15 is 0 Å². The van der Waals surface area contributed by atoms with Crippen LogP contribution in [0.3, 0.4) is 0 Å². The molecule has 2 heterocycles. The summed E-state index contributed by atoms with van der Waals surface area (Å²) in [6.45, 7) is 0. The summed E-state index contributed by atoms with van der Waals surface area (Å²) >= 11 is 0. The third kappa shape index (κ3) is 1.29. The highest BCUT2D eigenvalue weighted by Crippen LogP contribution is 2.31. The van der Waals surface area contributed by atoms with E-state index < -0.39 is 0 Å². The molecular formula is C7H14ClNO. The Hall–Kier alpha value is 0.210. The number of nitrogens with two attached hydrogens (primary N) is 1. The van der Waals surface area contributed by atoms with Crippen molar-refractivity contribution in [1.82, 2.24) is 0 Å². The molecule has 2 nitrogen and oxygen atoms in total. The summed E-state index contributed by atoms with van der Waals surface area (Å²) in [4.78, 5) is 0. The van der Waals surface area contributed by atoms with E-state index in [2.05, 4.69) is 0 Å². The average Bonchev–Trinajstić information content (AvgIpc) is 2.25. The summed E-state index contributed by atoms with van der Waals surface area (Å²) in [6, 6.07) is 0.337. The highest BCUT2D eigenvalue weighted by molar-refractivity contribution is 5.85. The van der Waals surface area contributed by atoms with Gasteiger partial charge in [0.25, 0.3) is 0 Å². The topological polar surface area (TPSA) is 35.2 Å². The molecule has 0 aromatic rings. The third-order valence-electron chi connectivity index (χ3n) is 2.44. The minimum absolute atomic E-state index is 0. The van der Waals surface area contributed by atoms with Gasteiger partial charge >= 0.3 is 0 Å². The van der Waals surface area contributed by atoms with Crippen molar-refractivity contribution in [3.05, 3.63) is 0 Å². The van der Waals surface area contributed by atoms with Gasteiger partial charge in [-0.1, -0.05) is 0 Å². The van der Waals surface area contributed by atoms with Gasteiger partial charge in [0.15, 0.2) is 0 Å². The molecule has 0 radical (unpaired) electrons. The fourth-order valence-electron chi connectivity index (χ4n) is 1.83. The van der Waals surface area contributed by atoms with Gasteiger partial charge in [-0.2, -0.15) is 0 Å². The summed E-state index contributed by atoms with van der Waals surface area (Å²) in [6.07, 6.45) is 5.79. The quantitative estimate of drug-likeness (QED) is 0.580. The molecule has 0 spiro atoms. The minimum atomic E-state index is 0. The van der Waals surface area contributed by atoms with E-state index in [9.17, 15) is 0 Å². The first-order valence-corrected chi connectivity index (χ1v) is 3.77. The summed E-state index contributed by atoms with van der Waals surface area (Å²) < 4.78 is 5.58. The van der Waals surface area contributed by atoms with Crippen LogP contribution in [0.1, 0.15) is 25.7 Å². The molecule has 2 N–H and O–H groups in total. The average molecular weight is 164 g/mol. The maximum absolute atomic E-state index is 5.79. The second kappa shape index (κ2) is 3.07. The Balaban J connectivity index is 0.000000500. The van der Waals surface area contributed by atoms with E-state index in [1.807, 2.05) is 0 Å². The Bertz CT molecular complexity index is 120. The van der Waals surface area contributed by atoms with E-state index in [0.717, 1.165) is 0 Å². The van der Waals surface area contributed by atoms with E-state index in [-0.39, 0.29) is 12.4 Å². The zero-order valence-corrected chi connectivity index (χ0v) is 6.77. The van der Waals surface area contributed by atoms with Crippen LogP contribution in [0.4, 0.5) is 0 Å².